The van der Waals surface area contributed by atoms with Gasteiger partial charge in [0.05, 0.1) is 26.6 Å². The number of hydrogen-bond donors (Lipinski definition) is 0. The minimum absolute atomic E-state index is 0.0420. The lowest BCUT2D eigenvalue weighted by atomic mass is 9.25. The van der Waals surface area contributed by atoms with Crippen molar-refractivity contribution in [1.29, 1.82) is 0 Å². The van der Waals surface area contributed by atoms with E-state index < -0.39 is 150 Å². The second kappa shape index (κ2) is 8.25. The van der Waals surface area contributed by atoms with Crippen LogP contribution < -0.4 is 0 Å². The molecule has 0 radical (unpaired) electrons. The van der Waals surface area contributed by atoms with Gasteiger partial charge in [-0.1, -0.05) is 12.1 Å². The van der Waals surface area contributed by atoms with Gasteiger partial charge in [0.15, 0.2) is 0 Å². The molecule has 4 atom stereocenters. The van der Waals surface area contributed by atoms with Gasteiger partial charge in [0.25, 0.3) is 5.69 Å². The van der Waals surface area contributed by atoms with E-state index in [4.69, 9.17) is 0 Å². The van der Waals surface area contributed by atoms with Gasteiger partial charge in [-0.15, -0.1) is 0 Å². The van der Waals surface area contributed by atoms with E-state index in [0.717, 1.165) is 24.3 Å². The fourth-order valence-electron chi connectivity index (χ4n) is 12.7. The van der Waals surface area contributed by atoms with Crippen LogP contribution in [0.4, 0.5) is 58.4 Å². The van der Waals surface area contributed by atoms with Crippen LogP contribution in [-0.2, 0) is 5.41 Å². The van der Waals surface area contributed by atoms with E-state index >= 15 is 26.3 Å². The molecule has 0 N–H and O–H groups in total. The summed E-state index contributed by atoms with van der Waals surface area (Å²) in [5.74, 6) is -1.16. The molecule has 9 rings (SSSR count). The Balaban J connectivity index is 1.49. The van der Waals surface area contributed by atoms with Crippen LogP contribution in [0.3, 0.4) is 0 Å². The molecule has 45 heavy (non-hydrogen) atoms. The number of rotatable bonds is 3. The van der Waals surface area contributed by atoms with Crippen molar-refractivity contribution in [2.75, 3.05) is 0 Å². The molecule has 0 spiro atoms. The Hall–Kier alpha value is -2.22. The Bertz CT molecular complexity index is 1380. The van der Waals surface area contributed by atoms with Gasteiger partial charge >= 0.3 is 24.7 Å². The monoisotopic (exact) mass is 663 g/mol. The van der Waals surface area contributed by atoms with Crippen LogP contribution in [0, 0.1) is 48.5 Å². The molecule has 0 aromatic heterocycles. The van der Waals surface area contributed by atoms with Gasteiger partial charge in [-0.25, -0.2) is 0 Å². The Morgan fingerprint density at radius 1 is 0.533 bits per heavy atom. The topological polar surface area (TPSA) is 43.1 Å². The molecule has 8 aliphatic rings. The van der Waals surface area contributed by atoms with E-state index in [-0.39, 0.29) is 12.0 Å². The average Bonchev–Trinajstić information content (AvgIpc) is 2.85. The summed E-state index contributed by atoms with van der Waals surface area (Å²) in [6.07, 6.45) is -30.8. The molecule has 0 amide bonds. The number of nitro groups is 1. The fraction of sp³-hybridized carbons (Fsp3) is 0.800. The molecule has 15 heteroatoms. The Morgan fingerprint density at radius 3 is 1.33 bits per heavy atom. The van der Waals surface area contributed by atoms with Crippen molar-refractivity contribution in [3.05, 3.63) is 39.9 Å². The van der Waals surface area contributed by atoms with Crippen LogP contribution in [0.15, 0.2) is 24.3 Å². The maximum Gasteiger partial charge on any atom is 0.394 e. The van der Waals surface area contributed by atoms with Crippen LogP contribution in [0.1, 0.15) is 82.6 Å². The predicted molar refractivity (Wildman–Crippen MR) is 132 cm³/mol. The van der Waals surface area contributed by atoms with Crippen molar-refractivity contribution in [2.24, 2.45) is 38.4 Å². The standard InChI is InChI=1S/C30H29F12NO2/c31-27(32,33)22-6-17-5-21(11-22,12-23(7-17,13-22)28(34,35)36)24-8-20(18-1-3-19(4-2-18)43(44)45)9-25(14-24,29(37,38)39)16-26(10-20,15-24)30(40,41)42/h1-4,17H,5-16H2. The minimum atomic E-state index is -5.24. The number of hydrogen-bond acceptors (Lipinski definition) is 2. The maximum absolute atomic E-state index is 15.3. The van der Waals surface area contributed by atoms with Gasteiger partial charge in [0, 0.05) is 12.1 Å². The van der Waals surface area contributed by atoms with E-state index in [1.165, 1.54) is 0 Å². The highest BCUT2D eigenvalue weighted by Gasteiger charge is 2.86. The summed E-state index contributed by atoms with van der Waals surface area (Å²) in [5.41, 5.74) is -18.4. The zero-order chi connectivity index (χ0) is 33.1. The highest BCUT2D eigenvalue weighted by Crippen LogP contribution is 2.88. The smallest absolute Gasteiger partial charge is 0.258 e. The minimum Gasteiger partial charge on any atom is -0.258 e. The average molecular weight is 664 g/mol. The van der Waals surface area contributed by atoms with Gasteiger partial charge in [-0.05, 0) is 105 Å². The van der Waals surface area contributed by atoms with E-state index in [1.54, 1.807) is 0 Å². The van der Waals surface area contributed by atoms with Crippen LogP contribution >= 0.6 is 0 Å². The lowest BCUT2D eigenvalue weighted by Crippen LogP contribution is -2.75. The molecule has 0 saturated heterocycles. The summed E-state index contributed by atoms with van der Waals surface area (Å²) in [4.78, 5) is 10.5. The number of nitrogens with zero attached hydrogens (tertiary/aromatic N) is 1. The van der Waals surface area contributed by atoms with E-state index in [2.05, 4.69) is 0 Å². The van der Waals surface area contributed by atoms with Crippen molar-refractivity contribution >= 4 is 5.69 Å². The summed E-state index contributed by atoms with van der Waals surface area (Å²) in [5, 5.41) is 11.3. The van der Waals surface area contributed by atoms with Crippen LogP contribution in [0.5, 0.6) is 0 Å². The molecule has 8 saturated carbocycles. The molecule has 8 fully saturated rings. The molecule has 0 aliphatic heterocycles. The van der Waals surface area contributed by atoms with Gasteiger partial charge in [-0.2, -0.15) is 52.7 Å². The van der Waals surface area contributed by atoms with E-state index in [9.17, 15) is 36.5 Å². The highest BCUT2D eigenvalue weighted by molar-refractivity contribution is 5.41. The molecule has 8 aliphatic carbocycles. The van der Waals surface area contributed by atoms with Gasteiger partial charge < -0.3 is 0 Å². The molecular weight excluding hydrogens is 634 g/mol. The molecule has 8 bridgehead atoms. The predicted octanol–water partition coefficient (Wildman–Crippen LogP) is 10.4. The largest absolute Gasteiger partial charge is 0.394 e. The highest BCUT2D eigenvalue weighted by atomic mass is 19.4. The third-order valence-corrected chi connectivity index (χ3v) is 13.4. The SMILES string of the molecule is O=[N+]([O-])c1ccc(C23CC4(C(F)(F)F)CC(C(F)(F)F)(C2)CC(C25CC6CC(C(F)(F)F)(CC(C(F)(F)F)(C6)C2)C5)(C3)C4)cc1. The molecular formula is C30H29F12NO2. The van der Waals surface area contributed by atoms with Gasteiger partial charge in [0.2, 0.25) is 0 Å². The van der Waals surface area contributed by atoms with Crippen LogP contribution in [0.2, 0.25) is 0 Å². The maximum atomic E-state index is 15.3. The van der Waals surface area contributed by atoms with E-state index in [0.29, 0.717) is 0 Å². The second-order valence-electron chi connectivity index (χ2n) is 15.8. The Kier molecular flexibility index (Phi) is 5.75. The normalized spacial score (nSPS) is 45.7. The zero-order valence-corrected chi connectivity index (χ0v) is 23.7. The zero-order valence-electron chi connectivity index (χ0n) is 23.7. The number of alkyl halides is 12. The van der Waals surface area contributed by atoms with Crippen molar-refractivity contribution in [2.45, 2.75) is 107 Å². The van der Waals surface area contributed by atoms with Gasteiger partial charge in [0.1, 0.15) is 0 Å². The molecule has 250 valence electrons. The van der Waals surface area contributed by atoms with Crippen LogP contribution in [-0.4, -0.2) is 29.6 Å². The Labute approximate surface area is 249 Å². The molecule has 3 nitrogen and oxygen atoms in total. The number of non-ortho nitro benzene ring substituents is 1. The molecule has 1 aromatic carbocycles. The quantitative estimate of drug-likeness (QED) is 0.184. The number of benzene rings is 1. The lowest BCUT2D eigenvalue weighted by molar-refractivity contribution is -0.404. The third-order valence-electron chi connectivity index (χ3n) is 13.4. The third kappa shape index (κ3) is 3.81. The summed E-state index contributed by atoms with van der Waals surface area (Å²) >= 11 is 0. The molecule has 0 heterocycles. The fourth-order valence-corrected chi connectivity index (χ4v) is 12.7. The Morgan fingerprint density at radius 2 is 0.933 bits per heavy atom. The second-order valence-corrected chi connectivity index (χ2v) is 15.8. The lowest BCUT2D eigenvalue weighted by Gasteiger charge is -2.78. The van der Waals surface area contributed by atoms with Crippen LogP contribution in [0.25, 0.3) is 0 Å². The first kappa shape index (κ1) is 31.4. The van der Waals surface area contributed by atoms with Crippen molar-refractivity contribution in [3.63, 3.8) is 0 Å². The summed E-state index contributed by atoms with van der Waals surface area (Å²) in [7, 11) is 0. The first-order chi connectivity index (χ1) is 20.3. The number of nitro benzene ring substituents is 1. The molecule has 4 unspecified atom stereocenters. The van der Waals surface area contributed by atoms with E-state index in [1.807, 2.05) is 0 Å². The molecule has 1 aromatic rings. The summed E-state index contributed by atoms with van der Waals surface area (Å²) < 4.78 is 181. The summed E-state index contributed by atoms with van der Waals surface area (Å²) in [6, 6.07) is 4.12. The first-order valence-corrected chi connectivity index (χ1v) is 14.8. The number of halogens is 12. The van der Waals surface area contributed by atoms with Crippen molar-refractivity contribution in [3.8, 4) is 0 Å². The van der Waals surface area contributed by atoms with Crippen molar-refractivity contribution < 1.29 is 57.6 Å². The first-order valence-electron chi connectivity index (χ1n) is 14.8. The van der Waals surface area contributed by atoms with Crippen molar-refractivity contribution in [1.82, 2.24) is 0 Å². The summed E-state index contributed by atoms with van der Waals surface area (Å²) in [6.45, 7) is 0. The van der Waals surface area contributed by atoms with Gasteiger partial charge in [-0.3, -0.25) is 10.1 Å².